The van der Waals surface area contributed by atoms with Crippen molar-refractivity contribution in [2.24, 2.45) is 5.92 Å². The Labute approximate surface area is 208 Å². The molecule has 2 amide bonds. The first-order valence-corrected chi connectivity index (χ1v) is 11.8. The van der Waals surface area contributed by atoms with Crippen LogP contribution >= 0.6 is 0 Å². The number of hydrogen-bond acceptors (Lipinski definition) is 6. The Morgan fingerprint density at radius 1 is 1.00 bits per heavy atom. The minimum atomic E-state index is -4.87. The normalized spacial score (nSPS) is 21.4. The van der Waals surface area contributed by atoms with Crippen molar-refractivity contribution < 1.29 is 35.9 Å². The van der Waals surface area contributed by atoms with Crippen molar-refractivity contribution >= 4 is 28.5 Å². The fourth-order valence-electron chi connectivity index (χ4n) is 4.77. The molecule has 14 heteroatoms. The third-order valence-electron chi connectivity index (χ3n) is 6.80. The second-order valence-electron chi connectivity index (χ2n) is 9.41. The SMILES string of the molecule is O=C(CNc1ncnc2ccc(C(F)(F)F)cc12)NC1CN([C@H]2CC[C@H](CNC(=O)C(F)(F)F)CC2)C1. The number of carbonyl (C=O) groups excluding carboxylic acids is 2. The number of likely N-dealkylation sites (tertiary alicyclic amines) is 1. The van der Waals surface area contributed by atoms with E-state index >= 15 is 0 Å². The highest BCUT2D eigenvalue weighted by Gasteiger charge is 2.39. The molecule has 2 aliphatic rings. The minimum absolute atomic E-state index is 0.00971. The van der Waals surface area contributed by atoms with Crippen LogP contribution in [0.25, 0.3) is 10.9 Å². The molecule has 3 N–H and O–H groups in total. The van der Waals surface area contributed by atoms with E-state index in [2.05, 4.69) is 25.5 Å². The van der Waals surface area contributed by atoms with Gasteiger partial charge in [-0.1, -0.05) is 0 Å². The van der Waals surface area contributed by atoms with Gasteiger partial charge < -0.3 is 16.0 Å². The Bertz CT molecular complexity index is 1130. The van der Waals surface area contributed by atoms with Gasteiger partial charge in [0.2, 0.25) is 5.91 Å². The number of carbonyl (C=O) groups is 2. The first-order chi connectivity index (χ1) is 17.4. The second-order valence-corrected chi connectivity index (χ2v) is 9.41. The summed E-state index contributed by atoms with van der Waals surface area (Å²) in [4.78, 5) is 33.5. The van der Waals surface area contributed by atoms with Crippen molar-refractivity contribution in [2.45, 2.75) is 50.1 Å². The summed E-state index contributed by atoms with van der Waals surface area (Å²) in [6, 6.07) is 3.33. The number of benzene rings is 1. The number of aromatic nitrogens is 2. The van der Waals surface area contributed by atoms with Crippen LogP contribution in [0, 0.1) is 5.92 Å². The zero-order valence-corrected chi connectivity index (χ0v) is 19.6. The van der Waals surface area contributed by atoms with Gasteiger partial charge in [-0.15, -0.1) is 0 Å². The number of fused-ring (bicyclic) bond motifs is 1. The molecule has 1 saturated heterocycles. The molecule has 0 bridgehead atoms. The standard InChI is InChI=1S/C23H26F6N6O2/c24-22(25,26)14-3-6-18-17(7-14)20(33-12-32-18)30-9-19(36)34-15-10-35(11-15)16-4-1-13(2-5-16)8-31-21(37)23(27,28)29/h3,6-7,12-13,15-16H,1-2,4-5,8-11H2,(H,31,37)(H,34,36)(H,30,32,33)/t13-,16-. The number of halogens is 6. The van der Waals surface area contributed by atoms with Crippen molar-refractivity contribution in [2.75, 3.05) is 31.5 Å². The molecule has 1 aliphatic carbocycles. The average molecular weight is 532 g/mol. The molecule has 8 nitrogen and oxygen atoms in total. The number of rotatable bonds is 7. The number of nitrogens with zero attached hydrogens (tertiary/aromatic N) is 3. The van der Waals surface area contributed by atoms with E-state index in [9.17, 15) is 35.9 Å². The lowest BCUT2D eigenvalue weighted by atomic mass is 9.84. The summed E-state index contributed by atoms with van der Waals surface area (Å²) in [5, 5.41) is 7.77. The van der Waals surface area contributed by atoms with Crippen molar-refractivity contribution in [3.8, 4) is 0 Å². The Hall–Kier alpha value is -3.16. The smallest absolute Gasteiger partial charge is 0.360 e. The van der Waals surface area contributed by atoms with Gasteiger partial charge in [0.15, 0.2) is 0 Å². The van der Waals surface area contributed by atoms with Gasteiger partial charge in [0.1, 0.15) is 12.1 Å². The van der Waals surface area contributed by atoms with E-state index in [4.69, 9.17) is 0 Å². The number of amides is 2. The molecular weight excluding hydrogens is 506 g/mol. The molecule has 0 radical (unpaired) electrons. The van der Waals surface area contributed by atoms with Crippen LogP contribution < -0.4 is 16.0 Å². The van der Waals surface area contributed by atoms with Crippen LogP contribution in [0.3, 0.4) is 0 Å². The topological polar surface area (TPSA) is 99.2 Å². The van der Waals surface area contributed by atoms with Gasteiger partial charge in [-0.2, -0.15) is 26.3 Å². The largest absolute Gasteiger partial charge is 0.471 e. The molecule has 1 saturated carbocycles. The van der Waals surface area contributed by atoms with E-state index < -0.39 is 23.8 Å². The predicted molar refractivity (Wildman–Crippen MR) is 121 cm³/mol. The lowest BCUT2D eigenvalue weighted by Crippen LogP contribution is -2.63. The maximum Gasteiger partial charge on any atom is 0.471 e. The zero-order valence-electron chi connectivity index (χ0n) is 19.6. The average Bonchev–Trinajstić information content (AvgIpc) is 2.82. The van der Waals surface area contributed by atoms with Gasteiger partial charge in [-0.3, -0.25) is 14.5 Å². The molecule has 202 valence electrons. The predicted octanol–water partition coefficient (Wildman–Crippen LogP) is 3.10. The van der Waals surface area contributed by atoms with Crippen LogP contribution in [0.1, 0.15) is 31.2 Å². The van der Waals surface area contributed by atoms with Gasteiger partial charge >= 0.3 is 18.3 Å². The van der Waals surface area contributed by atoms with Gasteiger partial charge in [0.25, 0.3) is 0 Å². The second kappa shape index (κ2) is 10.7. The van der Waals surface area contributed by atoms with Crippen LogP contribution in [0.4, 0.5) is 32.2 Å². The first-order valence-electron chi connectivity index (χ1n) is 11.8. The van der Waals surface area contributed by atoms with Crippen LogP contribution in [0.15, 0.2) is 24.5 Å². The molecule has 0 spiro atoms. The molecule has 37 heavy (non-hydrogen) atoms. The lowest BCUT2D eigenvalue weighted by Gasteiger charge is -2.46. The number of nitrogens with one attached hydrogen (secondary N) is 3. The molecule has 2 fully saturated rings. The van der Waals surface area contributed by atoms with Crippen molar-refractivity contribution in [3.63, 3.8) is 0 Å². The highest BCUT2D eigenvalue weighted by Crippen LogP contribution is 2.33. The first kappa shape index (κ1) is 26.9. The summed E-state index contributed by atoms with van der Waals surface area (Å²) in [6.45, 7) is 1.11. The molecule has 1 aromatic heterocycles. The molecule has 0 atom stereocenters. The fraction of sp³-hybridized carbons (Fsp3) is 0.565. The maximum atomic E-state index is 13.1. The minimum Gasteiger partial charge on any atom is -0.360 e. The Morgan fingerprint density at radius 3 is 2.35 bits per heavy atom. The van der Waals surface area contributed by atoms with Gasteiger partial charge in [-0.25, -0.2) is 9.97 Å². The quantitative estimate of drug-likeness (QED) is 0.474. The van der Waals surface area contributed by atoms with Crippen LogP contribution in [0.5, 0.6) is 0 Å². The van der Waals surface area contributed by atoms with E-state index in [0.717, 1.165) is 25.0 Å². The van der Waals surface area contributed by atoms with Crippen molar-refractivity contribution in [1.29, 1.82) is 0 Å². The molecule has 2 aromatic rings. The maximum absolute atomic E-state index is 13.1. The van der Waals surface area contributed by atoms with Gasteiger partial charge in [-0.05, 0) is 49.8 Å². The third kappa shape index (κ3) is 6.79. The molecule has 0 unspecified atom stereocenters. The molecule has 1 aliphatic heterocycles. The lowest BCUT2D eigenvalue weighted by molar-refractivity contribution is -0.173. The molecule has 4 rings (SSSR count). The fourth-order valence-corrected chi connectivity index (χ4v) is 4.77. The summed E-state index contributed by atoms with van der Waals surface area (Å²) in [7, 11) is 0. The Morgan fingerprint density at radius 2 is 1.70 bits per heavy atom. The van der Waals surface area contributed by atoms with E-state index in [-0.39, 0.29) is 48.2 Å². The zero-order chi connectivity index (χ0) is 26.8. The summed E-state index contributed by atoms with van der Waals surface area (Å²) < 4.78 is 76.1. The summed E-state index contributed by atoms with van der Waals surface area (Å²) in [6.07, 6.45) is -5.16. The van der Waals surface area contributed by atoms with Crippen LogP contribution in [-0.4, -0.2) is 71.1 Å². The molecule has 2 heterocycles. The third-order valence-corrected chi connectivity index (χ3v) is 6.80. The van der Waals surface area contributed by atoms with E-state index in [1.165, 1.54) is 12.4 Å². The van der Waals surface area contributed by atoms with Gasteiger partial charge in [0, 0.05) is 31.1 Å². The van der Waals surface area contributed by atoms with Gasteiger partial charge in [0.05, 0.1) is 23.7 Å². The summed E-state index contributed by atoms with van der Waals surface area (Å²) >= 11 is 0. The number of anilines is 1. The Balaban J connectivity index is 1.18. The van der Waals surface area contributed by atoms with Crippen LogP contribution in [-0.2, 0) is 15.8 Å². The van der Waals surface area contributed by atoms with Crippen LogP contribution in [0.2, 0.25) is 0 Å². The highest BCUT2D eigenvalue weighted by molar-refractivity contribution is 5.91. The summed E-state index contributed by atoms with van der Waals surface area (Å²) in [5.74, 6) is -2.10. The highest BCUT2D eigenvalue weighted by atomic mass is 19.4. The van der Waals surface area contributed by atoms with E-state index in [0.29, 0.717) is 31.4 Å². The Kier molecular flexibility index (Phi) is 7.76. The monoisotopic (exact) mass is 532 g/mol. The molecule has 1 aromatic carbocycles. The summed E-state index contributed by atoms with van der Waals surface area (Å²) in [5.41, 5.74) is -0.519. The number of alkyl halides is 6. The van der Waals surface area contributed by atoms with Crippen molar-refractivity contribution in [1.82, 2.24) is 25.5 Å². The van der Waals surface area contributed by atoms with E-state index in [1.54, 1.807) is 0 Å². The van der Waals surface area contributed by atoms with E-state index in [1.807, 2.05) is 5.32 Å². The number of hydrogen-bond donors (Lipinski definition) is 3. The van der Waals surface area contributed by atoms with Crippen molar-refractivity contribution in [3.05, 3.63) is 30.1 Å². The molecular formula is C23H26F6N6O2.